The lowest BCUT2D eigenvalue weighted by molar-refractivity contribution is -0.218. The van der Waals surface area contributed by atoms with Gasteiger partial charge in [-0.05, 0) is 18.2 Å². The molecule has 0 aliphatic carbocycles. The molecule has 1 aromatic heterocycles. The number of morpholine rings is 1. The van der Waals surface area contributed by atoms with E-state index in [0.717, 1.165) is 12.3 Å². The van der Waals surface area contributed by atoms with Crippen LogP contribution in [0.1, 0.15) is 27.7 Å². The average molecular weight is 400 g/mol. The summed E-state index contributed by atoms with van der Waals surface area (Å²) in [5, 5.41) is 11.0. The fourth-order valence-electron chi connectivity index (χ4n) is 3.66. The molecule has 1 aliphatic heterocycles. The topological polar surface area (TPSA) is 106 Å². The number of carbonyl (C=O) groups is 3. The van der Waals surface area contributed by atoms with Crippen LogP contribution in [0.2, 0.25) is 0 Å². The van der Waals surface area contributed by atoms with Crippen LogP contribution < -0.4 is 4.90 Å². The molecule has 0 bridgehead atoms. The number of nitrogens with zero attached hydrogens (tertiary/aromatic N) is 2. The molecule has 154 valence electrons. The van der Waals surface area contributed by atoms with Gasteiger partial charge < -0.3 is 19.5 Å². The van der Waals surface area contributed by atoms with Crippen molar-refractivity contribution in [2.24, 2.45) is 5.41 Å². The fraction of sp³-hybridized carbons (Fsp3) is 0.429. The number of fused-ring (bicyclic) bond motifs is 1. The average Bonchev–Trinajstić information content (AvgIpc) is 2.65. The number of aliphatic carboxylic acids is 1. The lowest BCUT2D eigenvalue weighted by atomic mass is 9.71. The van der Waals surface area contributed by atoms with Gasteiger partial charge in [0.05, 0.1) is 12.1 Å². The Balaban J connectivity index is 2.06. The molecule has 2 aromatic rings. The van der Waals surface area contributed by atoms with Crippen LogP contribution in [-0.2, 0) is 23.9 Å². The van der Waals surface area contributed by atoms with Crippen molar-refractivity contribution in [3.63, 3.8) is 0 Å². The van der Waals surface area contributed by atoms with Crippen LogP contribution in [0, 0.1) is 5.41 Å². The number of rotatable bonds is 4. The molecule has 0 radical (unpaired) electrons. The van der Waals surface area contributed by atoms with Crippen molar-refractivity contribution in [2.45, 2.75) is 39.4 Å². The number of esters is 1. The van der Waals surface area contributed by atoms with Gasteiger partial charge >= 0.3 is 11.9 Å². The molecule has 8 heteroatoms. The molecule has 2 heterocycles. The molecule has 1 fully saturated rings. The molecule has 1 N–H and O–H groups in total. The Bertz CT molecular complexity index is 967. The second kappa shape index (κ2) is 7.44. The number of amides is 1. The number of hydrogen-bond donors (Lipinski definition) is 1. The lowest BCUT2D eigenvalue weighted by Crippen LogP contribution is -2.68. The maximum Gasteiger partial charge on any atom is 0.352 e. The van der Waals surface area contributed by atoms with Gasteiger partial charge in [-0.25, -0.2) is 4.79 Å². The minimum absolute atomic E-state index is 0.100. The number of carbonyl (C=O) groups excluding carboxylic acids is 2. The lowest BCUT2D eigenvalue weighted by Gasteiger charge is -2.46. The first kappa shape index (κ1) is 20.7. The van der Waals surface area contributed by atoms with E-state index in [0.29, 0.717) is 11.2 Å². The van der Waals surface area contributed by atoms with E-state index in [1.807, 2.05) is 18.2 Å². The van der Waals surface area contributed by atoms with E-state index < -0.39 is 35.0 Å². The molecule has 29 heavy (non-hydrogen) atoms. The monoisotopic (exact) mass is 400 g/mol. The minimum atomic E-state index is -2.18. The summed E-state index contributed by atoms with van der Waals surface area (Å²) in [6.07, 6.45) is 0.170. The van der Waals surface area contributed by atoms with Crippen molar-refractivity contribution in [2.75, 3.05) is 18.1 Å². The van der Waals surface area contributed by atoms with Gasteiger partial charge in [0.15, 0.2) is 6.10 Å². The highest BCUT2D eigenvalue weighted by Crippen LogP contribution is 2.41. The molecule has 0 unspecified atom stereocenters. The van der Waals surface area contributed by atoms with Crippen LogP contribution in [0.25, 0.3) is 10.9 Å². The molecular weight excluding hydrogens is 376 g/mol. The molecule has 1 aliphatic rings. The van der Waals surface area contributed by atoms with E-state index >= 15 is 0 Å². The summed E-state index contributed by atoms with van der Waals surface area (Å²) in [4.78, 5) is 43.2. The zero-order chi connectivity index (χ0) is 21.4. The predicted octanol–water partition coefficient (Wildman–Crippen LogP) is 2.40. The maximum atomic E-state index is 13.4. The predicted molar refractivity (Wildman–Crippen MR) is 105 cm³/mol. The Morgan fingerprint density at radius 2 is 2.00 bits per heavy atom. The molecule has 0 saturated carbocycles. The minimum Gasteiger partial charge on any atom is -0.478 e. The number of benzene rings is 1. The van der Waals surface area contributed by atoms with Crippen LogP contribution in [0.15, 0.2) is 36.5 Å². The van der Waals surface area contributed by atoms with Crippen molar-refractivity contribution in [3.05, 3.63) is 36.5 Å². The third kappa shape index (κ3) is 3.55. The Hall–Kier alpha value is -3.00. The molecule has 1 amide bonds. The highest BCUT2D eigenvalue weighted by atomic mass is 16.6. The SMILES string of the molecule is CC(=O)O[C@@](C(=O)O)([C@H]1OCCN(c2ccc3cccnc3c2)C1=O)C(C)(C)C. The molecule has 1 saturated heterocycles. The fourth-order valence-corrected chi connectivity index (χ4v) is 3.66. The van der Waals surface area contributed by atoms with Crippen LogP contribution in [0.4, 0.5) is 5.69 Å². The first-order valence-corrected chi connectivity index (χ1v) is 9.28. The molecule has 0 spiro atoms. The van der Waals surface area contributed by atoms with E-state index in [-0.39, 0.29) is 13.2 Å². The summed E-state index contributed by atoms with van der Waals surface area (Å²) in [5.41, 5.74) is -2.01. The Kier molecular flexibility index (Phi) is 5.32. The number of carboxylic acids is 1. The smallest absolute Gasteiger partial charge is 0.352 e. The van der Waals surface area contributed by atoms with Gasteiger partial charge in [0.2, 0.25) is 5.60 Å². The molecule has 2 atom stereocenters. The Labute approximate surface area is 168 Å². The number of pyridine rings is 1. The highest BCUT2D eigenvalue weighted by Gasteiger charge is 2.63. The highest BCUT2D eigenvalue weighted by molar-refractivity contribution is 6.03. The third-order valence-electron chi connectivity index (χ3n) is 5.10. The van der Waals surface area contributed by atoms with Gasteiger partial charge in [0.1, 0.15) is 0 Å². The normalized spacial score (nSPS) is 19.7. The zero-order valence-electron chi connectivity index (χ0n) is 16.8. The van der Waals surface area contributed by atoms with Crippen molar-refractivity contribution in [1.29, 1.82) is 0 Å². The number of ether oxygens (including phenoxy) is 2. The third-order valence-corrected chi connectivity index (χ3v) is 5.10. The van der Waals surface area contributed by atoms with Crippen molar-refractivity contribution < 1.29 is 29.0 Å². The van der Waals surface area contributed by atoms with Gasteiger partial charge in [-0.3, -0.25) is 14.6 Å². The van der Waals surface area contributed by atoms with Crippen LogP contribution in [0.3, 0.4) is 0 Å². The van der Waals surface area contributed by atoms with E-state index in [4.69, 9.17) is 9.47 Å². The van der Waals surface area contributed by atoms with E-state index in [1.165, 1.54) is 4.90 Å². The first-order chi connectivity index (χ1) is 13.6. The molecular formula is C21H24N2O6. The van der Waals surface area contributed by atoms with Gasteiger partial charge in [0.25, 0.3) is 5.91 Å². The largest absolute Gasteiger partial charge is 0.478 e. The van der Waals surface area contributed by atoms with Crippen LogP contribution in [0.5, 0.6) is 0 Å². The van der Waals surface area contributed by atoms with E-state index in [9.17, 15) is 19.5 Å². The molecule has 8 nitrogen and oxygen atoms in total. The standard InChI is InChI=1S/C21H24N2O6/c1-13(24)29-21(19(26)27,20(2,3)4)17-18(25)23(10-11-28-17)15-8-7-14-6-5-9-22-16(14)12-15/h5-9,12,17H,10-11H2,1-4H3,(H,26,27)/t17-,21+/m0/s1. The van der Waals surface area contributed by atoms with Gasteiger partial charge in [0, 0.05) is 36.2 Å². The van der Waals surface area contributed by atoms with E-state index in [2.05, 4.69) is 4.98 Å². The zero-order valence-corrected chi connectivity index (χ0v) is 16.8. The van der Waals surface area contributed by atoms with Gasteiger partial charge in [-0.1, -0.05) is 32.9 Å². The molecule has 3 rings (SSSR count). The maximum absolute atomic E-state index is 13.4. The van der Waals surface area contributed by atoms with Crippen LogP contribution >= 0.6 is 0 Å². The van der Waals surface area contributed by atoms with Gasteiger partial charge in [-0.2, -0.15) is 0 Å². The van der Waals surface area contributed by atoms with E-state index in [1.54, 1.807) is 39.1 Å². The van der Waals surface area contributed by atoms with Crippen LogP contribution in [-0.4, -0.2) is 52.8 Å². The summed E-state index contributed by atoms with van der Waals surface area (Å²) in [6, 6.07) is 9.11. The molecule has 1 aromatic carbocycles. The summed E-state index contributed by atoms with van der Waals surface area (Å²) in [7, 11) is 0. The summed E-state index contributed by atoms with van der Waals surface area (Å²) >= 11 is 0. The first-order valence-electron chi connectivity index (χ1n) is 9.28. The summed E-state index contributed by atoms with van der Waals surface area (Å²) in [5.74, 6) is -2.81. The quantitative estimate of drug-likeness (QED) is 0.786. The number of hydrogen-bond acceptors (Lipinski definition) is 6. The number of aromatic nitrogens is 1. The van der Waals surface area contributed by atoms with Crippen molar-refractivity contribution in [1.82, 2.24) is 4.98 Å². The Morgan fingerprint density at radius 3 is 2.62 bits per heavy atom. The summed E-state index contributed by atoms with van der Waals surface area (Å²) in [6.45, 7) is 6.25. The van der Waals surface area contributed by atoms with Crippen molar-refractivity contribution in [3.8, 4) is 0 Å². The number of anilines is 1. The van der Waals surface area contributed by atoms with Gasteiger partial charge in [-0.15, -0.1) is 0 Å². The summed E-state index contributed by atoms with van der Waals surface area (Å²) < 4.78 is 10.9. The number of carboxylic acid groups (broad SMARTS) is 1. The van der Waals surface area contributed by atoms with Crippen molar-refractivity contribution >= 4 is 34.4 Å². The second-order valence-electron chi connectivity index (χ2n) is 8.01. The second-order valence-corrected chi connectivity index (χ2v) is 8.01. The Morgan fingerprint density at radius 1 is 1.28 bits per heavy atom.